The summed E-state index contributed by atoms with van der Waals surface area (Å²) in [4.78, 5) is 25.3. The minimum atomic E-state index is -4.82. The van der Waals surface area contributed by atoms with E-state index >= 15 is 0 Å². The van der Waals surface area contributed by atoms with Gasteiger partial charge >= 0.3 is 12.1 Å². The van der Waals surface area contributed by atoms with Crippen molar-refractivity contribution in [2.24, 2.45) is 0 Å². The fourth-order valence-electron chi connectivity index (χ4n) is 3.22. The molecule has 0 aliphatic carbocycles. The molecule has 7 nitrogen and oxygen atoms in total. The van der Waals surface area contributed by atoms with Gasteiger partial charge in [-0.2, -0.15) is 18.4 Å². The molecular formula is C24H24F4N4O3S. The summed E-state index contributed by atoms with van der Waals surface area (Å²) in [5, 5.41) is 23.5. The lowest BCUT2D eigenvalue weighted by Gasteiger charge is -2.37. The van der Waals surface area contributed by atoms with E-state index in [-0.39, 0.29) is 22.1 Å². The smallest absolute Gasteiger partial charge is 0.417 e. The summed E-state index contributed by atoms with van der Waals surface area (Å²) in [5.74, 6) is -2.94. The zero-order chi connectivity index (χ0) is 27.3. The SMILES string of the molecule is CCCCNC(=O)c1ccc(N(C(=S)Nc2ccc(C#N)c(C(F)(F)F)c2)C(C)(C)C(=O)O)cc1F. The van der Waals surface area contributed by atoms with Crippen molar-refractivity contribution in [2.45, 2.75) is 45.3 Å². The van der Waals surface area contributed by atoms with Gasteiger partial charge in [0, 0.05) is 17.9 Å². The molecule has 0 aromatic heterocycles. The van der Waals surface area contributed by atoms with Gasteiger partial charge in [-0.05, 0) is 68.9 Å². The number of carbonyl (C=O) groups excluding carboxylic acids is 1. The number of carboxylic acid groups (broad SMARTS) is 1. The quantitative estimate of drug-likeness (QED) is 0.244. The topological polar surface area (TPSA) is 105 Å². The number of unbranched alkanes of at least 4 members (excludes halogenated alkanes) is 1. The van der Waals surface area contributed by atoms with E-state index in [1.165, 1.54) is 38.1 Å². The molecule has 0 bridgehead atoms. The third kappa shape index (κ3) is 6.48. The summed E-state index contributed by atoms with van der Waals surface area (Å²) in [7, 11) is 0. The van der Waals surface area contributed by atoms with Crippen LogP contribution in [0.4, 0.5) is 28.9 Å². The van der Waals surface area contributed by atoms with Gasteiger partial charge in [0.05, 0.1) is 22.8 Å². The van der Waals surface area contributed by atoms with Crippen LogP contribution in [0.3, 0.4) is 0 Å². The van der Waals surface area contributed by atoms with Crippen molar-refractivity contribution < 1.29 is 32.3 Å². The molecule has 2 rings (SSSR count). The van der Waals surface area contributed by atoms with Crippen molar-refractivity contribution in [3.05, 3.63) is 58.9 Å². The Morgan fingerprint density at radius 2 is 1.83 bits per heavy atom. The molecule has 0 aliphatic rings. The molecule has 192 valence electrons. The lowest BCUT2D eigenvalue weighted by Crippen LogP contribution is -2.55. The number of nitrogens with one attached hydrogen (secondary N) is 2. The fourth-order valence-corrected chi connectivity index (χ4v) is 3.68. The number of alkyl halides is 3. The standard InChI is InChI=1S/C24H24F4N4O3S/c1-4-5-10-30-20(33)17-9-8-16(12-19(17)25)32(23(2,3)21(34)35)22(36)31-15-7-6-14(13-29)18(11-15)24(26,27)28/h6-9,11-12H,4-5,10H2,1-3H3,(H,30,33)(H,31,36)(H,34,35). The number of benzene rings is 2. The number of rotatable bonds is 8. The van der Waals surface area contributed by atoms with E-state index < -0.39 is 40.5 Å². The number of anilines is 2. The second-order valence-corrected chi connectivity index (χ2v) is 8.66. The molecule has 1 amide bonds. The molecule has 36 heavy (non-hydrogen) atoms. The Morgan fingerprint density at radius 3 is 2.36 bits per heavy atom. The van der Waals surface area contributed by atoms with E-state index in [1.807, 2.05) is 6.92 Å². The van der Waals surface area contributed by atoms with Crippen molar-refractivity contribution in [1.29, 1.82) is 5.26 Å². The third-order valence-electron chi connectivity index (χ3n) is 5.25. The number of carboxylic acids is 1. The number of nitriles is 1. The second-order valence-electron chi connectivity index (χ2n) is 8.27. The molecule has 0 atom stereocenters. The number of aliphatic carboxylic acids is 1. The van der Waals surface area contributed by atoms with E-state index in [9.17, 15) is 32.3 Å². The van der Waals surface area contributed by atoms with Crippen LogP contribution in [0.5, 0.6) is 0 Å². The summed E-state index contributed by atoms with van der Waals surface area (Å²) < 4.78 is 54.9. The Morgan fingerprint density at radius 1 is 1.17 bits per heavy atom. The lowest BCUT2D eigenvalue weighted by molar-refractivity contribution is -0.141. The molecule has 0 radical (unpaired) electrons. The minimum Gasteiger partial charge on any atom is -0.480 e. The first-order valence-corrected chi connectivity index (χ1v) is 11.2. The number of carbonyl (C=O) groups is 2. The van der Waals surface area contributed by atoms with Crippen LogP contribution >= 0.6 is 12.2 Å². The predicted octanol–water partition coefficient (Wildman–Crippen LogP) is 5.31. The van der Waals surface area contributed by atoms with Crippen molar-refractivity contribution in [3.8, 4) is 6.07 Å². The number of nitrogens with zero attached hydrogens (tertiary/aromatic N) is 2. The Labute approximate surface area is 210 Å². The van der Waals surface area contributed by atoms with Gasteiger partial charge in [-0.1, -0.05) is 13.3 Å². The number of amides is 1. The van der Waals surface area contributed by atoms with Crippen LogP contribution in [-0.2, 0) is 11.0 Å². The van der Waals surface area contributed by atoms with Crippen molar-refractivity contribution in [3.63, 3.8) is 0 Å². The van der Waals surface area contributed by atoms with Crippen LogP contribution in [0.2, 0.25) is 0 Å². The molecule has 2 aromatic carbocycles. The van der Waals surface area contributed by atoms with E-state index in [0.717, 1.165) is 23.5 Å². The molecule has 12 heteroatoms. The highest BCUT2D eigenvalue weighted by atomic mass is 32.1. The predicted molar refractivity (Wildman–Crippen MR) is 130 cm³/mol. The molecule has 0 saturated heterocycles. The van der Waals surface area contributed by atoms with Gasteiger partial charge in [0.2, 0.25) is 0 Å². The summed E-state index contributed by atoms with van der Waals surface area (Å²) >= 11 is 5.31. The Kier molecular flexibility index (Phi) is 8.99. The van der Waals surface area contributed by atoms with E-state index in [2.05, 4.69) is 10.6 Å². The van der Waals surface area contributed by atoms with Crippen molar-refractivity contribution in [2.75, 3.05) is 16.8 Å². The maximum Gasteiger partial charge on any atom is 0.417 e. The average molecular weight is 525 g/mol. The maximum absolute atomic E-state index is 14.9. The summed E-state index contributed by atoms with van der Waals surface area (Å²) in [6, 6.07) is 7.64. The van der Waals surface area contributed by atoms with E-state index in [4.69, 9.17) is 17.5 Å². The molecule has 0 saturated carbocycles. The lowest BCUT2D eigenvalue weighted by atomic mass is 10.0. The molecular weight excluding hydrogens is 500 g/mol. The zero-order valence-corrected chi connectivity index (χ0v) is 20.5. The van der Waals surface area contributed by atoms with Crippen LogP contribution in [0.25, 0.3) is 0 Å². The van der Waals surface area contributed by atoms with E-state index in [0.29, 0.717) is 19.0 Å². The first-order valence-electron chi connectivity index (χ1n) is 10.8. The Hall–Kier alpha value is -3.72. The maximum atomic E-state index is 14.9. The van der Waals surface area contributed by atoms with Gasteiger partial charge in [0.1, 0.15) is 11.4 Å². The van der Waals surface area contributed by atoms with Crippen LogP contribution in [0, 0.1) is 17.1 Å². The van der Waals surface area contributed by atoms with Gasteiger partial charge in [-0.15, -0.1) is 0 Å². The highest BCUT2D eigenvalue weighted by molar-refractivity contribution is 7.80. The van der Waals surface area contributed by atoms with Crippen LogP contribution < -0.4 is 15.5 Å². The molecule has 3 N–H and O–H groups in total. The van der Waals surface area contributed by atoms with Crippen LogP contribution in [-0.4, -0.2) is 34.2 Å². The number of hydrogen-bond donors (Lipinski definition) is 3. The summed E-state index contributed by atoms with van der Waals surface area (Å²) in [6.07, 6.45) is -3.28. The van der Waals surface area contributed by atoms with Gasteiger partial charge in [0.15, 0.2) is 5.11 Å². The fraction of sp³-hybridized carbons (Fsp3) is 0.333. The average Bonchev–Trinajstić information content (AvgIpc) is 2.78. The first-order chi connectivity index (χ1) is 16.7. The monoisotopic (exact) mass is 524 g/mol. The van der Waals surface area contributed by atoms with E-state index in [1.54, 1.807) is 0 Å². The van der Waals surface area contributed by atoms with Gasteiger partial charge in [-0.3, -0.25) is 4.79 Å². The summed E-state index contributed by atoms with van der Waals surface area (Å²) in [5.41, 5.74) is -4.05. The largest absolute Gasteiger partial charge is 0.480 e. The van der Waals surface area contributed by atoms with Crippen molar-refractivity contribution >= 4 is 40.6 Å². The highest BCUT2D eigenvalue weighted by Gasteiger charge is 2.39. The van der Waals surface area contributed by atoms with Crippen LogP contribution in [0.1, 0.15) is 55.1 Å². The third-order valence-corrected chi connectivity index (χ3v) is 5.54. The van der Waals surface area contributed by atoms with Gasteiger partial charge in [-0.25, -0.2) is 9.18 Å². The number of hydrogen-bond acceptors (Lipinski definition) is 4. The van der Waals surface area contributed by atoms with Gasteiger partial charge < -0.3 is 20.6 Å². The van der Waals surface area contributed by atoms with Gasteiger partial charge in [0.25, 0.3) is 5.91 Å². The molecule has 0 spiro atoms. The Balaban J connectivity index is 2.46. The molecule has 0 fully saturated rings. The van der Waals surface area contributed by atoms with Crippen LogP contribution in [0.15, 0.2) is 36.4 Å². The molecule has 0 unspecified atom stereocenters. The normalized spacial score (nSPS) is 11.4. The minimum absolute atomic E-state index is 0.0489. The molecule has 2 aromatic rings. The highest BCUT2D eigenvalue weighted by Crippen LogP contribution is 2.34. The zero-order valence-electron chi connectivity index (χ0n) is 19.7. The molecule has 0 heterocycles. The first kappa shape index (κ1) is 28.5. The number of thiocarbonyl (C=S) groups is 1. The second kappa shape index (κ2) is 11.3. The Bertz CT molecular complexity index is 1210. The summed E-state index contributed by atoms with van der Waals surface area (Å²) in [6.45, 7) is 4.82. The molecule has 0 aliphatic heterocycles. The van der Waals surface area contributed by atoms with Crippen molar-refractivity contribution in [1.82, 2.24) is 5.32 Å². The number of halogens is 4.